The average molecular weight is 570 g/mol. The Bertz CT molecular complexity index is 1580. The lowest BCUT2D eigenvalue weighted by Crippen LogP contribution is -2.46. The number of piperidine rings is 1. The number of aromatic nitrogens is 2. The highest BCUT2D eigenvalue weighted by atomic mass is 35.5. The van der Waals surface area contributed by atoms with Crippen LogP contribution in [0.4, 0.5) is 23.4 Å². The summed E-state index contributed by atoms with van der Waals surface area (Å²) in [6.45, 7) is 1.04. The Balaban J connectivity index is 0.00000370. The molecule has 40 heavy (non-hydrogen) atoms. The Morgan fingerprint density at radius 1 is 1.00 bits per heavy atom. The van der Waals surface area contributed by atoms with E-state index in [-0.39, 0.29) is 18.4 Å². The van der Waals surface area contributed by atoms with Crippen molar-refractivity contribution in [3.8, 4) is 17.3 Å². The fraction of sp³-hybridized carbons (Fsp3) is 0.241. The molecule has 1 aromatic heterocycles. The molecule has 2 heterocycles. The molecular weight excluding hydrogens is 546 g/mol. The van der Waals surface area contributed by atoms with Crippen molar-refractivity contribution in [1.82, 2.24) is 15.1 Å². The summed E-state index contributed by atoms with van der Waals surface area (Å²) in [7, 11) is 1.48. The van der Waals surface area contributed by atoms with Gasteiger partial charge in [0.25, 0.3) is 5.91 Å². The van der Waals surface area contributed by atoms with Gasteiger partial charge in [-0.1, -0.05) is 36.4 Å². The van der Waals surface area contributed by atoms with Gasteiger partial charge < -0.3 is 9.80 Å². The minimum absolute atomic E-state index is 0. The van der Waals surface area contributed by atoms with E-state index in [2.05, 4.69) is 21.2 Å². The van der Waals surface area contributed by atoms with E-state index >= 15 is 0 Å². The van der Waals surface area contributed by atoms with Crippen LogP contribution in [-0.2, 0) is 6.18 Å². The van der Waals surface area contributed by atoms with Crippen molar-refractivity contribution < 1.29 is 22.4 Å². The Labute approximate surface area is 234 Å². The Kier molecular flexibility index (Phi) is 8.26. The lowest BCUT2D eigenvalue weighted by atomic mass is 9.99. The molecule has 206 valence electrons. The van der Waals surface area contributed by atoms with E-state index in [1.807, 2.05) is 36.4 Å². The molecule has 5 rings (SSSR count). The molecule has 0 spiro atoms. The van der Waals surface area contributed by atoms with Gasteiger partial charge in [-0.05, 0) is 43.2 Å². The number of rotatable bonds is 4. The lowest BCUT2D eigenvalue weighted by Gasteiger charge is -2.37. The summed E-state index contributed by atoms with van der Waals surface area (Å²) in [6.07, 6.45) is -3.82. The van der Waals surface area contributed by atoms with Crippen molar-refractivity contribution in [2.75, 3.05) is 25.0 Å². The van der Waals surface area contributed by atoms with Crippen LogP contribution in [0.3, 0.4) is 0 Å². The standard InChI is InChI=1S/C29H23F4N5O.ClH/c1-37(28(39)24-11-10-20(30)16-25(24)29(31,32)33)21-12-14-38(15-13-21)27-23-5-3-2-4-22(23)26(35-36-27)19-8-6-18(17-34)7-9-19;/h2-11,16,21H,12-15H2,1H3;1H. The first-order valence-corrected chi connectivity index (χ1v) is 12.3. The summed E-state index contributed by atoms with van der Waals surface area (Å²) in [5.41, 5.74) is 0.235. The first kappa shape index (κ1) is 28.8. The van der Waals surface area contributed by atoms with Crippen molar-refractivity contribution >= 4 is 34.9 Å². The van der Waals surface area contributed by atoms with E-state index < -0.39 is 29.0 Å². The van der Waals surface area contributed by atoms with Gasteiger partial charge in [-0.25, -0.2) is 4.39 Å². The molecule has 1 fully saturated rings. The van der Waals surface area contributed by atoms with E-state index in [9.17, 15) is 22.4 Å². The predicted octanol–water partition coefficient (Wildman–Crippen LogP) is 6.49. The summed E-state index contributed by atoms with van der Waals surface area (Å²) >= 11 is 0. The normalized spacial score (nSPS) is 13.9. The summed E-state index contributed by atoms with van der Waals surface area (Å²) in [4.78, 5) is 16.4. The van der Waals surface area contributed by atoms with Gasteiger partial charge in [-0.15, -0.1) is 22.6 Å². The van der Waals surface area contributed by atoms with Crippen molar-refractivity contribution in [3.05, 3.63) is 89.2 Å². The van der Waals surface area contributed by atoms with Crippen LogP contribution < -0.4 is 4.90 Å². The number of carbonyl (C=O) groups is 1. The zero-order valence-corrected chi connectivity index (χ0v) is 22.1. The minimum atomic E-state index is -4.85. The van der Waals surface area contributed by atoms with Crippen molar-refractivity contribution in [3.63, 3.8) is 0 Å². The van der Waals surface area contributed by atoms with Crippen LogP contribution in [0.5, 0.6) is 0 Å². The van der Waals surface area contributed by atoms with Crippen molar-refractivity contribution in [1.29, 1.82) is 5.26 Å². The van der Waals surface area contributed by atoms with Crippen LogP contribution in [0.15, 0.2) is 66.7 Å². The van der Waals surface area contributed by atoms with Crippen LogP contribution in [0.1, 0.15) is 34.3 Å². The largest absolute Gasteiger partial charge is 0.417 e. The second-order valence-corrected chi connectivity index (χ2v) is 9.43. The number of carbonyl (C=O) groups excluding carboxylic acids is 1. The smallest absolute Gasteiger partial charge is 0.354 e. The van der Waals surface area contributed by atoms with Gasteiger partial charge in [0.05, 0.1) is 22.8 Å². The second-order valence-electron chi connectivity index (χ2n) is 9.43. The number of amides is 1. The Hall–Kier alpha value is -4.23. The molecule has 1 saturated heterocycles. The van der Waals surface area contributed by atoms with Crippen molar-refractivity contribution in [2.24, 2.45) is 0 Å². The van der Waals surface area contributed by atoms with Gasteiger partial charge in [0.15, 0.2) is 5.82 Å². The maximum Gasteiger partial charge on any atom is 0.417 e. The molecular formula is C29H24ClF4N5O. The van der Waals surface area contributed by atoms with E-state index in [4.69, 9.17) is 5.26 Å². The molecule has 0 atom stereocenters. The highest BCUT2D eigenvalue weighted by Crippen LogP contribution is 2.35. The third-order valence-corrected chi connectivity index (χ3v) is 7.10. The molecule has 1 aliphatic heterocycles. The van der Waals surface area contributed by atoms with Crippen LogP contribution in [0.25, 0.3) is 22.0 Å². The number of alkyl halides is 3. The van der Waals surface area contributed by atoms with Gasteiger partial charge in [-0.2, -0.15) is 18.4 Å². The molecule has 1 amide bonds. The monoisotopic (exact) mass is 569 g/mol. The molecule has 0 aliphatic carbocycles. The summed E-state index contributed by atoms with van der Waals surface area (Å²) in [6, 6.07) is 18.8. The van der Waals surface area contributed by atoms with Crippen LogP contribution in [0.2, 0.25) is 0 Å². The summed E-state index contributed by atoms with van der Waals surface area (Å²) < 4.78 is 53.9. The zero-order valence-electron chi connectivity index (χ0n) is 21.3. The molecule has 11 heteroatoms. The highest BCUT2D eigenvalue weighted by molar-refractivity contribution is 6.00. The van der Waals surface area contributed by atoms with Gasteiger partial charge in [0, 0.05) is 42.5 Å². The number of hydrogen-bond acceptors (Lipinski definition) is 5. The Morgan fingerprint density at radius 2 is 1.65 bits per heavy atom. The van der Waals surface area contributed by atoms with Crippen LogP contribution in [0, 0.1) is 17.1 Å². The number of nitrogens with zero attached hydrogens (tertiary/aromatic N) is 5. The second kappa shape index (κ2) is 11.5. The van der Waals surface area contributed by atoms with E-state index in [1.165, 1.54) is 11.9 Å². The van der Waals surface area contributed by atoms with E-state index in [0.29, 0.717) is 49.1 Å². The third kappa shape index (κ3) is 5.56. The molecule has 0 saturated carbocycles. The molecule has 0 N–H and O–H groups in total. The first-order chi connectivity index (χ1) is 18.7. The topological polar surface area (TPSA) is 73.1 Å². The number of hydrogen-bond donors (Lipinski definition) is 0. The van der Waals surface area contributed by atoms with Gasteiger partial charge in [-0.3, -0.25) is 4.79 Å². The number of anilines is 1. The maximum absolute atomic E-state index is 13.5. The van der Waals surface area contributed by atoms with E-state index in [1.54, 1.807) is 12.1 Å². The summed E-state index contributed by atoms with van der Waals surface area (Å²) in [5, 5.41) is 19.9. The fourth-order valence-electron chi connectivity index (χ4n) is 5.00. The van der Waals surface area contributed by atoms with Gasteiger partial charge in [0.2, 0.25) is 0 Å². The molecule has 0 bridgehead atoms. The first-order valence-electron chi connectivity index (χ1n) is 12.3. The number of fused-ring (bicyclic) bond motifs is 1. The van der Waals surface area contributed by atoms with Gasteiger partial charge >= 0.3 is 6.18 Å². The Morgan fingerprint density at radius 3 is 2.27 bits per heavy atom. The van der Waals surface area contributed by atoms with Crippen molar-refractivity contribution in [2.45, 2.75) is 25.1 Å². The average Bonchev–Trinajstić information content (AvgIpc) is 2.95. The number of nitriles is 1. The molecule has 0 radical (unpaired) electrons. The zero-order chi connectivity index (χ0) is 27.7. The molecule has 0 unspecified atom stereocenters. The fourth-order valence-corrected chi connectivity index (χ4v) is 5.00. The quantitative estimate of drug-likeness (QED) is 0.263. The van der Waals surface area contributed by atoms with Crippen LogP contribution in [-0.4, -0.2) is 47.2 Å². The van der Waals surface area contributed by atoms with Crippen LogP contribution >= 0.6 is 12.4 Å². The molecule has 6 nitrogen and oxygen atoms in total. The number of benzene rings is 3. The predicted molar refractivity (Wildman–Crippen MR) is 146 cm³/mol. The number of halogens is 5. The minimum Gasteiger partial charge on any atom is -0.354 e. The highest BCUT2D eigenvalue weighted by Gasteiger charge is 2.37. The lowest BCUT2D eigenvalue weighted by molar-refractivity contribution is -0.138. The summed E-state index contributed by atoms with van der Waals surface area (Å²) in [5.74, 6) is -1.15. The van der Waals surface area contributed by atoms with Gasteiger partial charge in [0.1, 0.15) is 11.5 Å². The SMILES string of the molecule is CN(C(=O)c1ccc(F)cc1C(F)(F)F)C1CCN(c2nnc(-c3ccc(C#N)cc3)c3ccccc23)CC1.Cl. The van der Waals surface area contributed by atoms with E-state index in [0.717, 1.165) is 28.5 Å². The maximum atomic E-state index is 13.5. The molecule has 4 aromatic rings. The molecule has 3 aromatic carbocycles. The molecule has 1 aliphatic rings. The third-order valence-electron chi connectivity index (χ3n) is 7.10.